The van der Waals surface area contributed by atoms with Gasteiger partial charge in [0.25, 0.3) is 11.9 Å². The lowest BCUT2D eigenvalue weighted by Gasteiger charge is -2.33. The summed E-state index contributed by atoms with van der Waals surface area (Å²) in [7, 11) is 0. The second-order valence-electron chi connectivity index (χ2n) is 8.91. The molecule has 0 atom stereocenters. The molecule has 1 heterocycles. The number of fused-ring (bicyclic) bond motifs is 3. The van der Waals surface area contributed by atoms with Crippen LogP contribution in [0.1, 0.15) is 48.4 Å². The maximum atomic E-state index is 12.7. The predicted molar refractivity (Wildman–Crippen MR) is 123 cm³/mol. The molecule has 0 spiro atoms. The Balaban J connectivity index is 1.41. The quantitative estimate of drug-likeness (QED) is 0.509. The fourth-order valence-corrected chi connectivity index (χ4v) is 4.02. The van der Waals surface area contributed by atoms with Crippen molar-refractivity contribution in [2.45, 2.75) is 32.2 Å². The average Bonchev–Trinajstić information content (AvgIpc) is 3.37. The van der Waals surface area contributed by atoms with Gasteiger partial charge in [0.1, 0.15) is 13.2 Å². The van der Waals surface area contributed by atoms with E-state index in [1.807, 2.05) is 48.5 Å². The Morgan fingerprint density at radius 2 is 1.65 bits per heavy atom. The van der Waals surface area contributed by atoms with Crippen molar-refractivity contribution in [3.63, 3.8) is 0 Å². The first kappa shape index (κ1) is 23.0. The third-order valence-electron chi connectivity index (χ3n) is 5.59. The number of amides is 2. The molecule has 1 aromatic heterocycles. The van der Waals surface area contributed by atoms with Crippen LogP contribution in [0.4, 0.5) is 10.7 Å². The van der Waals surface area contributed by atoms with Crippen molar-refractivity contribution >= 4 is 23.9 Å². The molecule has 1 aliphatic rings. The van der Waals surface area contributed by atoms with E-state index in [9.17, 15) is 14.4 Å². The number of anilines is 1. The fraction of sp³-hybridized carbons (Fsp3) is 0.292. The number of carbonyl (C=O) groups excluding carboxylic acids is 2. The molecule has 3 aromatic rings. The van der Waals surface area contributed by atoms with E-state index < -0.39 is 30.1 Å². The van der Waals surface area contributed by atoms with Gasteiger partial charge >= 0.3 is 12.1 Å². The van der Waals surface area contributed by atoms with Crippen molar-refractivity contribution in [2.75, 3.05) is 18.5 Å². The van der Waals surface area contributed by atoms with Crippen LogP contribution in [0.25, 0.3) is 11.1 Å². The van der Waals surface area contributed by atoms with Crippen molar-refractivity contribution in [3.8, 4) is 11.1 Å². The lowest BCUT2D eigenvalue weighted by molar-refractivity contribution is -0.138. The van der Waals surface area contributed by atoms with Crippen LogP contribution in [0.2, 0.25) is 0 Å². The number of aromatic nitrogens is 3. The minimum Gasteiger partial charge on any atom is -0.480 e. The Hall–Kier alpha value is -4.21. The van der Waals surface area contributed by atoms with Gasteiger partial charge in [0, 0.05) is 11.5 Å². The van der Waals surface area contributed by atoms with E-state index >= 15 is 0 Å². The van der Waals surface area contributed by atoms with Gasteiger partial charge < -0.3 is 14.7 Å². The summed E-state index contributed by atoms with van der Waals surface area (Å²) < 4.78 is 5.45. The molecule has 2 aromatic carbocycles. The first-order chi connectivity index (χ1) is 16.1. The van der Waals surface area contributed by atoms with Crippen LogP contribution in [0.3, 0.4) is 0 Å². The van der Waals surface area contributed by atoms with E-state index in [0.717, 1.165) is 27.2 Å². The van der Waals surface area contributed by atoms with Crippen molar-refractivity contribution in [1.29, 1.82) is 0 Å². The van der Waals surface area contributed by atoms with Crippen LogP contribution in [-0.2, 0) is 9.53 Å². The summed E-state index contributed by atoms with van der Waals surface area (Å²) in [5.41, 5.74) is 3.65. The molecular weight excluding hydrogens is 438 g/mol. The number of carbonyl (C=O) groups is 3. The molecular formula is C24H25N5O5. The maximum absolute atomic E-state index is 12.7. The molecule has 176 valence electrons. The monoisotopic (exact) mass is 463 g/mol. The van der Waals surface area contributed by atoms with Crippen LogP contribution >= 0.6 is 0 Å². The standard InChI is InChI=1S/C24H25N5O5/c1-24(2,3)29(12-19(30)31)21(32)20-25-22(28-27-20)26-23(33)34-13-18-16-10-6-4-8-14(16)15-9-5-7-11-17(15)18/h4-11,18H,12-13H2,1-3H3,(H,30,31)(H2,25,26,27,28,33). The summed E-state index contributed by atoms with van der Waals surface area (Å²) in [6, 6.07) is 16.0. The Morgan fingerprint density at radius 3 is 2.21 bits per heavy atom. The largest absolute Gasteiger partial charge is 0.480 e. The van der Waals surface area contributed by atoms with Crippen LogP contribution < -0.4 is 5.32 Å². The van der Waals surface area contributed by atoms with Gasteiger partial charge in [0.2, 0.25) is 5.82 Å². The van der Waals surface area contributed by atoms with Gasteiger partial charge in [-0.25, -0.2) is 4.79 Å². The third-order valence-corrected chi connectivity index (χ3v) is 5.59. The van der Waals surface area contributed by atoms with Gasteiger partial charge in [0.05, 0.1) is 0 Å². The van der Waals surface area contributed by atoms with Crippen molar-refractivity contribution < 1.29 is 24.2 Å². The second-order valence-corrected chi connectivity index (χ2v) is 8.91. The molecule has 0 saturated carbocycles. The summed E-state index contributed by atoms with van der Waals surface area (Å²) >= 11 is 0. The van der Waals surface area contributed by atoms with Gasteiger partial charge in [-0.2, -0.15) is 4.98 Å². The molecule has 0 saturated heterocycles. The molecule has 4 rings (SSSR count). The number of H-pyrrole nitrogens is 1. The Morgan fingerprint density at radius 1 is 1.06 bits per heavy atom. The van der Waals surface area contributed by atoms with E-state index in [0.29, 0.717) is 0 Å². The number of carboxylic acid groups (broad SMARTS) is 1. The highest BCUT2D eigenvalue weighted by atomic mass is 16.5. The number of nitrogens with zero attached hydrogens (tertiary/aromatic N) is 3. The molecule has 0 radical (unpaired) electrons. The average molecular weight is 463 g/mol. The number of nitrogens with one attached hydrogen (secondary N) is 2. The van der Waals surface area contributed by atoms with Gasteiger partial charge in [-0.05, 0) is 43.0 Å². The molecule has 1 aliphatic carbocycles. The summed E-state index contributed by atoms with van der Waals surface area (Å²) in [4.78, 5) is 41.4. The lowest BCUT2D eigenvalue weighted by atomic mass is 9.98. The van der Waals surface area contributed by atoms with Crippen molar-refractivity contribution in [1.82, 2.24) is 20.1 Å². The first-order valence-corrected chi connectivity index (χ1v) is 10.7. The zero-order chi connectivity index (χ0) is 24.5. The topological polar surface area (TPSA) is 138 Å². The number of carboxylic acids is 1. The molecule has 3 N–H and O–H groups in total. The Labute approximate surface area is 196 Å². The molecule has 34 heavy (non-hydrogen) atoms. The van der Waals surface area contributed by atoms with Crippen LogP contribution in [-0.4, -0.2) is 61.8 Å². The smallest absolute Gasteiger partial charge is 0.414 e. The second kappa shape index (κ2) is 8.97. The number of hydrogen-bond acceptors (Lipinski definition) is 6. The maximum Gasteiger partial charge on any atom is 0.414 e. The van der Waals surface area contributed by atoms with E-state index in [4.69, 9.17) is 9.84 Å². The van der Waals surface area contributed by atoms with Crippen LogP contribution in [0.5, 0.6) is 0 Å². The summed E-state index contributed by atoms with van der Waals surface area (Å²) in [6.45, 7) is 4.74. The van der Waals surface area contributed by atoms with Crippen molar-refractivity contribution in [2.24, 2.45) is 0 Å². The van der Waals surface area contributed by atoms with E-state index in [2.05, 4.69) is 20.5 Å². The van der Waals surface area contributed by atoms with E-state index in [1.54, 1.807) is 20.8 Å². The number of ether oxygens (including phenoxy) is 1. The number of rotatable bonds is 6. The summed E-state index contributed by atoms with van der Waals surface area (Å²) in [5.74, 6) is -2.24. The number of hydrogen-bond donors (Lipinski definition) is 3. The van der Waals surface area contributed by atoms with Crippen molar-refractivity contribution in [3.05, 3.63) is 65.5 Å². The van der Waals surface area contributed by atoms with Crippen LogP contribution in [0.15, 0.2) is 48.5 Å². The predicted octanol–water partition coefficient (Wildman–Crippen LogP) is 3.49. The Bertz CT molecular complexity index is 1200. The van der Waals surface area contributed by atoms with Gasteiger partial charge in [-0.15, -0.1) is 5.10 Å². The van der Waals surface area contributed by atoms with Gasteiger partial charge in [0.15, 0.2) is 0 Å². The molecule has 0 bridgehead atoms. The molecule has 0 fully saturated rings. The van der Waals surface area contributed by atoms with E-state index in [1.165, 1.54) is 0 Å². The zero-order valence-corrected chi connectivity index (χ0v) is 19.0. The molecule has 0 aliphatic heterocycles. The first-order valence-electron chi connectivity index (χ1n) is 10.7. The number of benzene rings is 2. The molecule has 10 heteroatoms. The normalized spacial score (nSPS) is 12.6. The molecule has 2 amide bonds. The zero-order valence-electron chi connectivity index (χ0n) is 19.0. The SMILES string of the molecule is CC(C)(C)N(CC(=O)O)C(=O)c1nc(NC(=O)OCC2c3ccccc3-c3ccccc32)n[nH]1. The van der Waals surface area contributed by atoms with Crippen LogP contribution in [0, 0.1) is 0 Å². The van der Waals surface area contributed by atoms with Gasteiger partial charge in [-0.3, -0.25) is 20.0 Å². The summed E-state index contributed by atoms with van der Waals surface area (Å²) in [5, 5.41) is 17.8. The highest BCUT2D eigenvalue weighted by molar-refractivity contribution is 5.93. The van der Waals surface area contributed by atoms with Gasteiger partial charge in [-0.1, -0.05) is 48.5 Å². The number of aromatic amines is 1. The summed E-state index contributed by atoms with van der Waals surface area (Å²) in [6.07, 6.45) is -0.766. The highest BCUT2D eigenvalue weighted by Crippen LogP contribution is 2.44. The minimum atomic E-state index is -1.15. The Kier molecular flexibility index (Phi) is 6.06. The third kappa shape index (κ3) is 4.61. The lowest BCUT2D eigenvalue weighted by Crippen LogP contribution is -2.48. The molecule has 0 unspecified atom stereocenters. The number of aliphatic carboxylic acids is 1. The highest BCUT2D eigenvalue weighted by Gasteiger charge is 2.32. The minimum absolute atomic E-state index is 0.0983. The fourth-order valence-electron chi connectivity index (χ4n) is 4.02. The molecule has 10 nitrogen and oxygen atoms in total. The van der Waals surface area contributed by atoms with E-state index in [-0.39, 0.29) is 24.3 Å².